The number of benzene rings is 1. The Kier molecular flexibility index (Phi) is 4.29. The predicted molar refractivity (Wildman–Crippen MR) is 96.9 cm³/mol. The second-order valence-corrected chi connectivity index (χ2v) is 6.45. The van der Waals surface area contributed by atoms with Crippen LogP contribution in [-0.4, -0.2) is 29.3 Å². The number of hydrogen-bond donors (Lipinski definition) is 3. The molecular formula is C19H17F3N4O2. The van der Waals surface area contributed by atoms with Crippen LogP contribution in [0, 0.1) is 0 Å². The molecule has 0 atom stereocenters. The molecule has 9 heteroatoms. The number of aryl methyl sites for hydroxylation is 1. The molecule has 6 nitrogen and oxygen atoms in total. The molecule has 0 radical (unpaired) electrons. The van der Waals surface area contributed by atoms with E-state index in [2.05, 4.69) is 9.97 Å². The number of nitrogens with zero attached hydrogens (tertiary/aromatic N) is 3. The normalized spacial score (nSPS) is 12.1. The molecule has 3 N–H and O–H groups in total. The number of para-hydroxylation sites is 1. The Hall–Kier alpha value is -3.36. The molecule has 0 bridgehead atoms. The average Bonchev–Trinajstić information content (AvgIpc) is 3.36. The van der Waals surface area contributed by atoms with Crippen LogP contribution in [0.3, 0.4) is 0 Å². The van der Waals surface area contributed by atoms with Gasteiger partial charge in [-0.3, -0.25) is 0 Å². The van der Waals surface area contributed by atoms with Crippen LogP contribution in [0.2, 0.25) is 0 Å². The maximum Gasteiger partial charge on any atom is 0.432 e. The quantitative estimate of drug-likeness (QED) is 0.474. The smallest absolute Gasteiger partial charge is 0.432 e. The van der Waals surface area contributed by atoms with Gasteiger partial charge in [0.2, 0.25) is 5.88 Å². The van der Waals surface area contributed by atoms with E-state index in [-0.39, 0.29) is 12.1 Å². The number of fused-ring (bicyclic) bond motifs is 1. The van der Waals surface area contributed by atoms with E-state index in [1.807, 2.05) is 0 Å². The van der Waals surface area contributed by atoms with E-state index in [4.69, 9.17) is 0 Å². The largest absolute Gasteiger partial charge is 0.503 e. The van der Waals surface area contributed by atoms with Gasteiger partial charge >= 0.3 is 6.18 Å². The Morgan fingerprint density at radius 1 is 1.11 bits per heavy atom. The fourth-order valence-corrected chi connectivity index (χ4v) is 3.47. The molecule has 0 amide bonds. The minimum Gasteiger partial charge on any atom is -0.503 e. The Morgan fingerprint density at radius 3 is 2.61 bits per heavy atom. The maximum absolute atomic E-state index is 13.9. The second-order valence-electron chi connectivity index (χ2n) is 6.45. The van der Waals surface area contributed by atoms with Crippen molar-refractivity contribution in [1.82, 2.24) is 19.1 Å². The summed E-state index contributed by atoms with van der Waals surface area (Å²) in [6.07, 6.45) is 1.80. The molecule has 3 aromatic heterocycles. The first-order valence-corrected chi connectivity index (χ1v) is 8.61. The molecule has 28 heavy (non-hydrogen) atoms. The summed E-state index contributed by atoms with van der Waals surface area (Å²) in [6.45, 7) is 0.312. The van der Waals surface area contributed by atoms with Crippen molar-refractivity contribution >= 4 is 10.9 Å². The Morgan fingerprint density at radius 2 is 1.89 bits per heavy atom. The summed E-state index contributed by atoms with van der Waals surface area (Å²) in [4.78, 5) is 6.79. The number of halogens is 3. The molecule has 3 heterocycles. The van der Waals surface area contributed by atoms with Crippen LogP contribution in [0.15, 0.2) is 49.2 Å². The first-order chi connectivity index (χ1) is 13.4. The van der Waals surface area contributed by atoms with Gasteiger partial charge in [0.25, 0.3) is 0 Å². The van der Waals surface area contributed by atoms with Gasteiger partial charge in [0.1, 0.15) is 5.69 Å². The number of hydrogen-bond acceptors (Lipinski definition) is 3. The van der Waals surface area contributed by atoms with Gasteiger partial charge in [-0.2, -0.15) is 13.2 Å². The molecule has 1 aromatic carbocycles. The summed E-state index contributed by atoms with van der Waals surface area (Å²) in [5, 5.41) is 21.2. The summed E-state index contributed by atoms with van der Waals surface area (Å²) < 4.78 is 44.2. The summed E-state index contributed by atoms with van der Waals surface area (Å²) in [5.41, 5.74) is -0.676. The summed E-state index contributed by atoms with van der Waals surface area (Å²) in [6, 6.07) is 6.84. The number of rotatable bonds is 5. The second kappa shape index (κ2) is 6.66. The zero-order chi connectivity index (χ0) is 19.9. The third-order valence-electron chi connectivity index (χ3n) is 4.70. The highest BCUT2D eigenvalue weighted by Gasteiger charge is 2.42. The minimum atomic E-state index is -4.76. The number of aromatic nitrogens is 4. The van der Waals surface area contributed by atoms with Gasteiger partial charge in [-0.25, -0.2) is 4.98 Å². The van der Waals surface area contributed by atoms with Crippen LogP contribution in [0.5, 0.6) is 11.6 Å². The molecule has 0 aliphatic rings. The summed E-state index contributed by atoms with van der Waals surface area (Å²) in [5.74, 6) is -1.57. The van der Waals surface area contributed by atoms with Gasteiger partial charge in [0, 0.05) is 48.1 Å². The molecule has 0 unspecified atom stereocenters. The Labute approximate surface area is 157 Å². The molecule has 0 aliphatic heterocycles. The molecule has 0 saturated heterocycles. The maximum atomic E-state index is 13.9. The van der Waals surface area contributed by atoms with Gasteiger partial charge in [-0.1, -0.05) is 18.2 Å². The monoisotopic (exact) mass is 390 g/mol. The van der Waals surface area contributed by atoms with Gasteiger partial charge in [0.05, 0.1) is 11.9 Å². The molecule has 0 fully saturated rings. The Balaban J connectivity index is 1.80. The van der Waals surface area contributed by atoms with E-state index in [1.54, 1.807) is 47.6 Å². The van der Waals surface area contributed by atoms with Crippen molar-refractivity contribution < 1.29 is 23.4 Å². The van der Waals surface area contributed by atoms with E-state index in [0.717, 1.165) is 4.57 Å². The molecule has 146 valence electrons. The van der Waals surface area contributed by atoms with E-state index >= 15 is 0 Å². The van der Waals surface area contributed by atoms with Crippen LogP contribution in [-0.2, 0) is 19.3 Å². The van der Waals surface area contributed by atoms with Crippen LogP contribution in [0.1, 0.15) is 12.1 Å². The number of aromatic hydroxyl groups is 2. The van der Waals surface area contributed by atoms with Crippen molar-refractivity contribution in [2.24, 2.45) is 0 Å². The standard InChI is InChI=1S/C19H17F3N4O2/c20-19(21,22)17-15(13-10-24-14-5-2-1-4-12(13)14)16(27)18(28)26(17)8-3-7-25-9-6-23-11-25/h1-2,4-6,9-11,24,27-28H,3,7-8H2. The van der Waals surface area contributed by atoms with E-state index in [9.17, 15) is 23.4 Å². The van der Waals surface area contributed by atoms with Gasteiger partial charge < -0.3 is 24.3 Å². The number of aromatic amines is 1. The minimum absolute atomic E-state index is 0.116. The lowest BCUT2D eigenvalue weighted by Gasteiger charge is -2.14. The fraction of sp³-hybridized carbons (Fsp3) is 0.211. The van der Waals surface area contributed by atoms with Crippen molar-refractivity contribution in [1.29, 1.82) is 0 Å². The molecule has 4 aromatic rings. The SMILES string of the molecule is Oc1c(-c2c[nH]c3ccccc23)c(C(F)(F)F)n(CCCn2ccnc2)c1O. The van der Waals surface area contributed by atoms with Crippen LogP contribution in [0.4, 0.5) is 13.2 Å². The number of H-pyrrole nitrogens is 1. The lowest BCUT2D eigenvalue weighted by molar-refractivity contribution is -0.143. The highest BCUT2D eigenvalue weighted by Crippen LogP contribution is 2.50. The van der Waals surface area contributed by atoms with E-state index in [0.29, 0.717) is 23.9 Å². The van der Waals surface area contributed by atoms with Crippen LogP contribution >= 0.6 is 0 Å². The summed E-state index contributed by atoms with van der Waals surface area (Å²) >= 11 is 0. The topological polar surface area (TPSA) is 79.0 Å². The van der Waals surface area contributed by atoms with E-state index in [1.165, 1.54) is 6.20 Å². The number of nitrogens with one attached hydrogen (secondary N) is 1. The van der Waals surface area contributed by atoms with Crippen molar-refractivity contribution in [3.8, 4) is 22.8 Å². The molecule has 4 rings (SSSR count). The van der Waals surface area contributed by atoms with Crippen LogP contribution < -0.4 is 0 Å². The fourth-order valence-electron chi connectivity index (χ4n) is 3.47. The molecule has 0 saturated carbocycles. The van der Waals surface area contributed by atoms with E-state index < -0.39 is 29.1 Å². The third kappa shape index (κ3) is 2.98. The molecule has 0 spiro atoms. The predicted octanol–water partition coefficient (Wildman–Crippen LogP) is 4.35. The highest BCUT2D eigenvalue weighted by atomic mass is 19.4. The number of alkyl halides is 3. The van der Waals surface area contributed by atoms with Crippen molar-refractivity contribution in [3.05, 3.63) is 54.9 Å². The molecular weight excluding hydrogens is 373 g/mol. The van der Waals surface area contributed by atoms with Crippen molar-refractivity contribution in [2.45, 2.75) is 25.7 Å². The van der Waals surface area contributed by atoms with Gasteiger partial charge in [-0.15, -0.1) is 0 Å². The Bertz CT molecular complexity index is 1110. The lowest BCUT2D eigenvalue weighted by atomic mass is 10.0. The van der Waals surface area contributed by atoms with Crippen molar-refractivity contribution in [3.63, 3.8) is 0 Å². The zero-order valence-electron chi connectivity index (χ0n) is 14.6. The molecule has 0 aliphatic carbocycles. The first-order valence-electron chi connectivity index (χ1n) is 8.61. The lowest BCUT2D eigenvalue weighted by Crippen LogP contribution is -2.15. The van der Waals surface area contributed by atoms with Gasteiger partial charge in [-0.05, 0) is 12.5 Å². The third-order valence-corrected chi connectivity index (χ3v) is 4.70. The van der Waals surface area contributed by atoms with Crippen LogP contribution in [0.25, 0.3) is 22.0 Å². The number of imidazole rings is 1. The first kappa shape index (κ1) is 18.0. The zero-order valence-corrected chi connectivity index (χ0v) is 14.6. The van der Waals surface area contributed by atoms with Gasteiger partial charge in [0.15, 0.2) is 5.75 Å². The highest BCUT2D eigenvalue weighted by molar-refractivity contribution is 5.98. The average molecular weight is 390 g/mol. The van der Waals surface area contributed by atoms with Crippen molar-refractivity contribution in [2.75, 3.05) is 0 Å². The summed E-state index contributed by atoms with van der Waals surface area (Å²) in [7, 11) is 0.